The van der Waals surface area contributed by atoms with Gasteiger partial charge in [0.25, 0.3) is 0 Å². The van der Waals surface area contributed by atoms with Crippen molar-refractivity contribution in [3.63, 3.8) is 0 Å². The van der Waals surface area contributed by atoms with Crippen molar-refractivity contribution in [2.45, 2.75) is 58.3 Å². The van der Waals surface area contributed by atoms with Crippen molar-refractivity contribution in [2.75, 3.05) is 20.2 Å². The summed E-state index contributed by atoms with van der Waals surface area (Å²) in [5.74, 6) is 1.58. The van der Waals surface area contributed by atoms with Crippen LogP contribution in [0.15, 0.2) is 60.2 Å². The second-order valence-electron chi connectivity index (χ2n) is 9.56. The number of hydrogen-bond acceptors (Lipinski definition) is 5. The fourth-order valence-electron chi connectivity index (χ4n) is 4.23. The molecule has 2 aromatic rings. The number of ether oxygens (including phenoxy) is 2. The van der Waals surface area contributed by atoms with Crippen molar-refractivity contribution in [3.8, 4) is 11.5 Å². The highest BCUT2D eigenvalue weighted by molar-refractivity contribution is 5.96. The summed E-state index contributed by atoms with van der Waals surface area (Å²) < 4.78 is 11.4. The van der Waals surface area contributed by atoms with Crippen LogP contribution in [0.25, 0.3) is 0 Å². The Morgan fingerprint density at radius 1 is 1.00 bits per heavy atom. The maximum Gasteiger partial charge on any atom is 0.248 e. The molecule has 35 heavy (non-hydrogen) atoms. The minimum atomic E-state index is -0.320. The van der Waals surface area contributed by atoms with Crippen molar-refractivity contribution < 1.29 is 14.3 Å². The number of benzene rings is 2. The molecule has 0 fully saturated rings. The van der Waals surface area contributed by atoms with Crippen molar-refractivity contribution in [1.82, 2.24) is 16.0 Å². The van der Waals surface area contributed by atoms with Crippen LogP contribution in [0.2, 0.25) is 0 Å². The van der Waals surface area contributed by atoms with E-state index >= 15 is 0 Å². The Bertz CT molecular complexity index is 979. The highest BCUT2D eigenvalue weighted by atomic mass is 35.5. The second-order valence-corrected chi connectivity index (χ2v) is 9.56. The van der Waals surface area contributed by atoms with Gasteiger partial charge in [-0.2, -0.15) is 0 Å². The number of amides is 1. The molecule has 0 aliphatic carbocycles. The van der Waals surface area contributed by atoms with Gasteiger partial charge in [0, 0.05) is 41.4 Å². The van der Waals surface area contributed by atoms with E-state index in [-0.39, 0.29) is 41.8 Å². The zero-order chi connectivity index (χ0) is 23.9. The number of rotatable bonds is 11. The number of halogens is 2. The van der Waals surface area contributed by atoms with E-state index in [1.807, 2.05) is 68.5 Å². The van der Waals surface area contributed by atoms with Crippen LogP contribution >= 0.6 is 24.8 Å². The van der Waals surface area contributed by atoms with Gasteiger partial charge in [-0.3, -0.25) is 10.1 Å². The zero-order valence-electron chi connectivity index (χ0n) is 21.3. The molecule has 0 saturated heterocycles. The first kappa shape index (κ1) is 30.8. The Hall–Kier alpha value is -2.25. The van der Waals surface area contributed by atoms with Gasteiger partial charge >= 0.3 is 0 Å². The molecule has 0 atom stereocenters. The topological polar surface area (TPSA) is 71.6 Å². The molecule has 1 aliphatic heterocycles. The van der Waals surface area contributed by atoms with Crippen molar-refractivity contribution >= 4 is 30.7 Å². The smallest absolute Gasteiger partial charge is 0.248 e. The quantitative estimate of drug-likeness (QED) is 0.369. The third kappa shape index (κ3) is 9.04. The van der Waals surface area contributed by atoms with E-state index in [2.05, 4.69) is 29.8 Å². The average Bonchev–Trinajstić information content (AvgIpc) is 3.02. The Morgan fingerprint density at radius 3 is 2.34 bits per heavy atom. The first-order valence-corrected chi connectivity index (χ1v) is 11.6. The standard InChI is InChI=1S/C27H37N3O3.2ClH/c1-26(2)17-23(27(3,4)30-26)25(31)29-15-9-14-28-18-21-12-13-22(16-24(21)32-5)33-19-20-10-7-6-8-11-20;;/h6-8,10-13,16-17,28,30H,9,14-15,18-19H2,1-5H3,(H,29,31);2*1H. The lowest BCUT2D eigenvalue weighted by Crippen LogP contribution is -2.47. The van der Waals surface area contributed by atoms with Gasteiger partial charge in [-0.05, 0) is 52.3 Å². The Labute approximate surface area is 222 Å². The van der Waals surface area contributed by atoms with Crippen molar-refractivity contribution in [2.24, 2.45) is 0 Å². The molecule has 0 aromatic heterocycles. The SMILES string of the molecule is COc1cc(OCc2ccccc2)ccc1CNCCCNC(=O)C1=CC(C)(C)NC1(C)C.Cl.Cl. The van der Waals surface area contributed by atoms with Crippen LogP contribution in [0.3, 0.4) is 0 Å². The summed E-state index contributed by atoms with van der Waals surface area (Å²) in [5, 5.41) is 9.95. The lowest BCUT2D eigenvalue weighted by Gasteiger charge is -2.27. The van der Waals surface area contributed by atoms with Crippen LogP contribution in [0, 0.1) is 0 Å². The highest BCUT2D eigenvalue weighted by Gasteiger charge is 2.39. The Balaban J connectivity index is 0.00000306. The summed E-state index contributed by atoms with van der Waals surface area (Å²) in [6, 6.07) is 16.0. The van der Waals surface area contributed by atoms with Crippen LogP contribution in [0.1, 0.15) is 45.2 Å². The molecule has 0 radical (unpaired) electrons. The molecular formula is C27H39Cl2N3O3. The maximum atomic E-state index is 12.6. The van der Waals surface area contributed by atoms with E-state index < -0.39 is 0 Å². The predicted molar refractivity (Wildman–Crippen MR) is 147 cm³/mol. The highest BCUT2D eigenvalue weighted by Crippen LogP contribution is 2.29. The minimum absolute atomic E-state index is 0. The predicted octanol–water partition coefficient (Wildman–Crippen LogP) is 4.80. The summed E-state index contributed by atoms with van der Waals surface area (Å²) in [4.78, 5) is 12.6. The van der Waals surface area contributed by atoms with Gasteiger partial charge in [-0.25, -0.2) is 0 Å². The van der Waals surface area contributed by atoms with Gasteiger partial charge in [0.1, 0.15) is 18.1 Å². The number of methoxy groups -OCH3 is 1. The molecule has 1 amide bonds. The molecule has 6 nitrogen and oxygen atoms in total. The maximum absolute atomic E-state index is 12.6. The largest absolute Gasteiger partial charge is 0.496 e. The molecule has 3 rings (SSSR count). The number of carbonyl (C=O) groups excluding carboxylic acids is 1. The molecule has 194 valence electrons. The Morgan fingerprint density at radius 2 is 1.71 bits per heavy atom. The van der Waals surface area contributed by atoms with Crippen molar-refractivity contribution in [1.29, 1.82) is 0 Å². The molecule has 1 heterocycles. The fourth-order valence-corrected chi connectivity index (χ4v) is 4.23. The normalized spacial score (nSPS) is 15.3. The van der Waals surface area contributed by atoms with Gasteiger partial charge in [0.15, 0.2) is 0 Å². The fraction of sp³-hybridized carbons (Fsp3) is 0.444. The molecule has 0 spiro atoms. The summed E-state index contributed by atoms with van der Waals surface area (Å²) in [6.07, 6.45) is 2.87. The lowest BCUT2D eigenvalue weighted by molar-refractivity contribution is -0.118. The number of carbonyl (C=O) groups is 1. The van der Waals surface area contributed by atoms with Gasteiger partial charge < -0.3 is 20.1 Å². The van der Waals surface area contributed by atoms with Gasteiger partial charge in [0.2, 0.25) is 5.91 Å². The monoisotopic (exact) mass is 523 g/mol. The first-order valence-electron chi connectivity index (χ1n) is 11.6. The third-order valence-corrected chi connectivity index (χ3v) is 5.70. The van der Waals surface area contributed by atoms with Crippen molar-refractivity contribution in [3.05, 3.63) is 71.3 Å². The van der Waals surface area contributed by atoms with Gasteiger partial charge in [-0.15, -0.1) is 24.8 Å². The first-order chi connectivity index (χ1) is 15.7. The average molecular weight is 525 g/mol. The van der Waals surface area contributed by atoms with Crippen LogP contribution in [0.5, 0.6) is 11.5 Å². The summed E-state index contributed by atoms with van der Waals surface area (Å²) in [7, 11) is 1.67. The van der Waals surface area contributed by atoms with Crippen LogP contribution < -0.4 is 25.4 Å². The zero-order valence-corrected chi connectivity index (χ0v) is 22.9. The summed E-state index contributed by atoms with van der Waals surface area (Å²) >= 11 is 0. The molecule has 1 aliphatic rings. The van der Waals surface area contributed by atoms with Crippen LogP contribution in [-0.4, -0.2) is 37.2 Å². The molecule has 0 bridgehead atoms. The Kier molecular flexibility index (Phi) is 12.1. The molecule has 3 N–H and O–H groups in total. The molecule has 8 heteroatoms. The van der Waals surface area contributed by atoms with Crippen LogP contribution in [0.4, 0.5) is 0 Å². The van der Waals surface area contributed by atoms with E-state index in [1.54, 1.807) is 7.11 Å². The molecular weight excluding hydrogens is 485 g/mol. The van der Waals surface area contributed by atoms with E-state index in [0.29, 0.717) is 19.7 Å². The van der Waals surface area contributed by atoms with E-state index in [4.69, 9.17) is 9.47 Å². The minimum Gasteiger partial charge on any atom is -0.496 e. The van der Waals surface area contributed by atoms with E-state index in [1.165, 1.54) is 0 Å². The second kappa shape index (κ2) is 13.7. The van der Waals surface area contributed by atoms with Crippen LogP contribution in [-0.2, 0) is 17.9 Å². The summed E-state index contributed by atoms with van der Waals surface area (Å²) in [6.45, 7) is 10.9. The van der Waals surface area contributed by atoms with Gasteiger partial charge in [-0.1, -0.05) is 42.5 Å². The third-order valence-electron chi connectivity index (χ3n) is 5.70. The molecule has 2 aromatic carbocycles. The number of nitrogens with one attached hydrogen (secondary N) is 3. The summed E-state index contributed by atoms with van der Waals surface area (Å²) in [5.41, 5.74) is 2.51. The lowest BCUT2D eigenvalue weighted by atomic mass is 9.96. The number of hydrogen-bond donors (Lipinski definition) is 3. The van der Waals surface area contributed by atoms with Gasteiger partial charge in [0.05, 0.1) is 7.11 Å². The molecule has 0 unspecified atom stereocenters. The molecule has 0 saturated carbocycles. The van der Waals surface area contributed by atoms with E-state index in [0.717, 1.165) is 41.2 Å². The van der Waals surface area contributed by atoms with E-state index in [9.17, 15) is 4.79 Å².